The molecule has 1 N–H and O–H groups in total. The second-order valence-electron chi connectivity index (χ2n) is 6.19. The first-order valence-electron chi connectivity index (χ1n) is 7.73. The van der Waals surface area contributed by atoms with Crippen molar-refractivity contribution in [2.24, 2.45) is 0 Å². The van der Waals surface area contributed by atoms with Crippen LogP contribution < -0.4 is 10.2 Å². The first-order chi connectivity index (χ1) is 10.7. The normalized spacial score (nSPS) is 18.7. The van der Waals surface area contributed by atoms with E-state index < -0.39 is 9.84 Å². The highest BCUT2D eigenvalue weighted by atomic mass is 32.2. The number of hydrogen-bond acceptors (Lipinski definition) is 4. The van der Waals surface area contributed by atoms with Crippen LogP contribution in [0.25, 0.3) is 0 Å². The molecule has 128 valence electrons. The Bertz CT molecular complexity index is 676. The summed E-state index contributed by atoms with van der Waals surface area (Å²) in [5.74, 6) is -0.687. The molecule has 1 aliphatic heterocycles. The number of rotatable bonds is 5. The van der Waals surface area contributed by atoms with Crippen molar-refractivity contribution in [1.82, 2.24) is 5.32 Å². The van der Waals surface area contributed by atoms with Crippen LogP contribution in [0.15, 0.2) is 18.2 Å². The number of nitrogens with one attached hydrogen (secondary N) is 1. The molecule has 2 rings (SSSR count). The molecule has 0 aliphatic carbocycles. The van der Waals surface area contributed by atoms with Crippen LogP contribution in [-0.4, -0.2) is 45.5 Å². The molecule has 1 aliphatic rings. The highest BCUT2D eigenvalue weighted by Gasteiger charge is 2.23. The zero-order chi connectivity index (χ0) is 17.0. The number of sulfone groups is 1. The summed E-state index contributed by atoms with van der Waals surface area (Å²) in [6.07, 6.45) is 2.75. The smallest absolute Gasteiger partial charge is 0.221 e. The number of carbonyl (C=O) groups is 1. The largest absolute Gasteiger partial charge is 0.367 e. The van der Waals surface area contributed by atoms with Gasteiger partial charge in [-0.2, -0.15) is 0 Å². The molecular formula is C16H23FN2O3S. The van der Waals surface area contributed by atoms with E-state index in [1.54, 1.807) is 6.07 Å². The van der Waals surface area contributed by atoms with Crippen LogP contribution in [0.2, 0.25) is 0 Å². The number of amides is 1. The molecule has 23 heavy (non-hydrogen) atoms. The van der Waals surface area contributed by atoms with Crippen molar-refractivity contribution in [1.29, 1.82) is 0 Å². The second-order valence-corrected chi connectivity index (χ2v) is 8.45. The van der Waals surface area contributed by atoms with Crippen LogP contribution in [0.3, 0.4) is 0 Å². The van der Waals surface area contributed by atoms with Crippen LogP contribution in [0.4, 0.5) is 10.1 Å². The molecule has 0 unspecified atom stereocenters. The van der Waals surface area contributed by atoms with Crippen molar-refractivity contribution in [3.63, 3.8) is 0 Å². The van der Waals surface area contributed by atoms with Crippen LogP contribution in [0.1, 0.15) is 24.8 Å². The lowest BCUT2D eigenvalue weighted by molar-refractivity contribution is -0.121. The Kier molecular flexibility index (Phi) is 5.62. The molecular weight excluding hydrogens is 319 g/mol. The number of anilines is 1. The molecule has 1 atom stereocenters. The molecule has 0 radical (unpaired) electrons. The number of carbonyl (C=O) groups excluding carboxylic acids is 1. The van der Waals surface area contributed by atoms with Crippen molar-refractivity contribution in [3.05, 3.63) is 29.6 Å². The molecule has 0 aromatic heterocycles. The zero-order valence-corrected chi connectivity index (χ0v) is 14.3. The third-order valence-corrected chi connectivity index (χ3v) is 4.87. The van der Waals surface area contributed by atoms with Gasteiger partial charge in [-0.3, -0.25) is 4.79 Å². The zero-order valence-electron chi connectivity index (χ0n) is 13.5. The van der Waals surface area contributed by atoms with E-state index in [4.69, 9.17) is 0 Å². The van der Waals surface area contributed by atoms with E-state index in [0.717, 1.165) is 31.2 Å². The first-order valence-corrected chi connectivity index (χ1v) is 9.79. The van der Waals surface area contributed by atoms with Crippen molar-refractivity contribution < 1.29 is 17.6 Å². The Balaban J connectivity index is 1.95. The molecule has 1 heterocycles. The maximum absolute atomic E-state index is 14.0. The molecule has 1 fully saturated rings. The Morgan fingerprint density at radius 2 is 2.17 bits per heavy atom. The van der Waals surface area contributed by atoms with Crippen molar-refractivity contribution in [2.45, 2.75) is 32.2 Å². The third kappa shape index (κ3) is 5.49. The standard InChI is InChI=1S/C16H23FN2O3S/c1-12-5-6-14(17)15(10-12)19-8-3-4-13(11-19)18-16(20)7-9-23(2,21)22/h5-6,10,13H,3-4,7-9,11H2,1-2H3,(H,18,20)/t13-/m1/s1. The monoisotopic (exact) mass is 342 g/mol. The van der Waals surface area contributed by atoms with Gasteiger partial charge in [0, 0.05) is 31.8 Å². The van der Waals surface area contributed by atoms with Crippen molar-refractivity contribution in [2.75, 3.05) is 30.0 Å². The van der Waals surface area contributed by atoms with Gasteiger partial charge in [0.05, 0.1) is 11.4 Å². The molecule has 1 amide bonds. The van der Waals surface area contributed by atoms with E-state index in [0.29, 0.717) is 12.2 Å². The summed E-state index contributed by atoms with van der Waals surface area (Å²) in [5, 5.41) is 2.86. The number of piperidine rings is 1. The van der Waals surface area contributed by atoms with E-state index >= 15 is 0 Å². The Labute approximate surface area is 136 Å². The number of nitrogens with zero attached hydrogens (tertiary/aromatic N) is 1. The van der Waals surface area contributed by atoms with Gasteiger partial charge in [-0.1, -0.05) is 6.07 Å². The summed E-state index contributed by atoms with van der Waals surface area (Å²) in [6.45, 7) is 3.19. The fraction of sp³-hybridized carbons (Fsp3) is 0.562. The predicted molar refractivity (Wildman–Crippen MR) is 88.8 cm³/mol. The third-order valence-electron chi connectivity index (χ3n) is 3.93. The topological polar surface area (TPSA) is 66.5 Å². The van der Waals surface area contributed by atoms with Crippen LogP contribution >= 0.6 is 0 Å². The maximum atomic E-state index is 14.0. The SMILES string of the molecule is Cc1ccc(F)c(N2CCC[C@@H](NC(=O)CCS(C)(=O)=O)C2)c1. The summed E-state index contributed by atoms with van der Waals surface area (Å²) >= 11 is 0. The van der Waals surface area contributed by atoms with Gasteiger partial charge in [0.15, 0.2) is 0 Å². The van der Waals surface area contributed by atoms with Gasteiger partial charge in [-0.05, 0) is 37.5 Å². The van der Waals surface area contributed by atoms with E-state index in [2.05, 4.69) is 5.32 Å². The molecule has 1 aromatic carbocycles. The Morgan fingerprint density at radius 1 is 1.43 bits per heavy atom. The highest BCUT2D eigenvalue weighted by molar-refractivity contribution is 7.90. The summed E-state index contributed by atoms with van der Waals surface area (Å²) in [5.41, 5.74) is 1.54. The lowest BCUT2D eigenvalue weighted by Gasteiger charge is -2.35. The van der Waals surface area contributed by atoms with Gasteiger partial charge in [0.1, 0.15) is 15.7 Å². The summed E-state index contributed by atoms with van der Waals surface area (Å²) in [7, 11) is -3.14. The first kappa shape index (κ1) is 17.7. The van der Waals surface area contributed by atoms with Crippen LogP contribution in [0, 0.1) is 12.7 Å². The van der Waals surface area contributed by atoms with Gasteiger partial charge in [0.2, 0.25) is 5.91 Å². The summed E-state index contributed by atoms with van der Waals surface area (Å²) < 4.78 is 36.2. The van der Waals surface area contributed by atoms with Crippen LogP contribution in [0.5, 0.6) is 0 Å². The molecule has 0 spiro atoms. The minimum absolute atomic E-state index is 0.0336. The van der Waals surface area contributed by atoms with E-state index in [-0.39, 0.29) is 29.9 Å². The van der Waals surface area contributed by atoms with E-state index in [1.165, 1.54) is 6.07 Å². The minimum atomic E-state index is -3.14. The number of aryl methyl sites for hydroxylation is 1. The Morgan fingerprint density at radius 3 is 2.87 bits per heavy atom. The van der Waals surface area contributed by atoms with Gasteiger partial charge in [-0.25, -0.2) is 12.8 Å². The van der Waals surface area contributed by atoms with E-state index in [9.17, 15) is 17.6 Å². The van der Waals surface area contributed by atoms with Crippen molar-refractivity contribution in [3.8, 4) is 0 Å². The molecule has 0 bridgehead atoms. The molecule has 7 heteroatoms. The lowest BCUT2D eigenvalue weighted by atomic mass is 10.0. The fourth-order valence-electron chi connectivity index (χ4n) is 2.76. The number of halogens is 1. The molecule has 0 saturated carbocycles. The van der Waals surface area contributed by atoms with Crippen LogP contribution in [-0.2, 0) is 14.6 Å². The molecule has 1 saturated heterocycles. The number of hydrogen-bond donors (Lipinski definition) is 1. The second kappa shape index (κ2) is 7.29. The van der Waals surface area contributed by atoms with Gasteiger partial charge >= 0.3 is 0 Å². The minimum Gasteiger partial charge on any atom is -0.367 e. The van der Waals surface area contributed by atoms with Gasteiger partial charge in [-0.15, -0.1) is 0 Å². The van der Waals surface area contributed by atoms with Gasteiger partial charge < -0.3 is 10.2 Å². The van der Waals surface area contributed by atoms with E-state index in [1.807, 2.05) is 17.9 Å². The molecule has 1 aromatic rings. The fourth-order valence-corrected chi connectivity index (χ4v) is 3.31. The Hall–Kier alpha value is -1.63. The van der Waals surface area contributed by atoms with Crippen molar-refractivity contribution >= 4 is 21.4 Å². The number of benzene rings is 1. The molecule has 5 nitrogen and oxygen atoms in total. The highest BCUT2D eigenvalue weighted by Crippen LogP contribution is 2.24. The quantitative estimate of drug-likeness (QED) is 0.884. The maximum Gasteiger partial charge on any atom is 0.221 e. The summed E-state index contributed by atoms with van der Waals surface area (Å²) in [4.78, 5) is 13.8. The lowest BCUT2D eigenvalue weighted by Crippen LogP contribution is -2.48. The predicted octanol–water partition coefficient (Wildman–Crippen LogP) is 1.65. The summed E-state index contributed by atoms with van der Waals surface area (Å²) in [6, 6.07) is 4.91. The average Bonchev–Trinajstić information content (AvgIpc) is 2.47. The average molecular weight is 342 g/mol. The van der Waals surface area contributed by atoms with Gasteiger partial charge in [0.25, 0.3) is 0 Å².